The number of para-hydroxylation sites is 1. The number of nitrogens with zero attached hydrogens (tertiary/aromatic N) is 2. The molecule has 0 aliphatic carbocycles. The third-order valence-corrected chi connectivity index (χ3v) is 5.60. The number of hydrogen-bond acceptors (Lipinski definition) is 4. The molecule has 1 aromatic heterocycles. The Morgan fingerprint density at radius 3 is 2.81 bits per heavy atom. The summed E-state index contributed by atoms with van der Waals surface area (Å²) < 4.78 is 5.80. The van der Waals surface area contributed by atoms with Gasteiger partial charge in [0.05, 0.1) is 6.61 Å². The van der Waals surface area contributed by atoms with Crippen molar-refractivity contribution in [1.82, 2.24) is 15.2 Å². The van der Waals surface area contributed by atoms with Gasteiger partial charge in [-0.2, -0.15) is 0 Å². The normalized spacial score (nSPS) is 21.0. The monoisotopic (exact) mass is 365 g/mol. The SMILES string of the molecule is O=C(NC1CCN(Cc2cccnc2)CC1)C1CCOc2ccccc2C1. The van der Waals surface area contributed by atoms with Crippen LogP contribution in [0.1, 0.15) is 30.4 Å². The Bertz CT molecular complexity index is 757. The molecule has 142 valence electrons. The fourth-order valence-corrected chi connectivity index (χ4v) is 4.02. The molecule has 1 N–H and O–H groups in total. The van der Waals surface area contributed by atoms with Crippen LogP contribution in [0.2, 0.25) is 0 Å². The minimum atomic E-state index is 0.00192. The molecule has 27 heavy (non-hydrogen) atoms. The first-order chi connectivity index (χ1) is 13.3. The number of nitrogens with one attached hydrogen (secondary N) is 1. The van der Waals surface area contributed by atoms with Gasteiger partial charge in [-0.3, -0.25) is 14.7 Å². The number of hydrogen-bond donors (Lipinski definition) is 1. The van der Waals surface area contributed by atoms with E-state index in [4.69, 9.17) is 4.74 Å². The maximum Gasteiger partial charge on any atom is 0.223 e. The quantitative estimate of drug-likeness (QED) is 0.905. The van der Waals surface area contributed by atoms with Crippen LogP contribution in [0.3, 0.4) is 0 Å². The Balaban J connectivity index is 1.27. The zero-order valence-electron chi connectivity index (χ0n) is 15.6. The van der Waals surface area contributed by atoms with Crippen LogP contribution < -0.4 is 10.1 Å². The molecule has 0 spiro atoms. The molecule has 1 fully saturated rings. The topological polar surface area (TPSA) is 54.5 Å². The Kier molecular flexibility index (Phi) is 5.68. The molecule has 2 aliphatic heterocycles. The van der Waals surface area contributed by atoms with Gasteiger partial charge in [-0.05, 0) is 48.9 Å². The van der Waals surface area contributed by atoms with E-state index >= 15 is 0 Å². The van der Waals surface area contributed by atoms with E-state index in [-0.39, 0.29) is 17.9 Å². The van der Waals surface area contributed by atoms with Crippen molar-refractivity contribution in [2.45, 2.75) is 38.3 Å². The maximum absolute atomic E-state index is 12.8. The molecule has 4 rings (SSSR count). The number of amides is 1. The molecule has 1 unspecified atom stereocenters. The van der Waals surface area contributed by atoms with Crippen molar-refractivity contribution < 1.29 is 9.53 Å². The van der Waals surface area contributed by atoms with Gasteiger partial charge in [0.25, 0.3) is 0 Å². The highest BCUT2D eigenvalue weighted by Gasteiger charge is 2.27. The number of pyridine rings is 1. The van der Waals surface area contributed by atoms with Gasteiger partial charge in [0.15, 0.2) is 0 Å². The second kappa shape index (κ2) is 8.53. The second-order valence-corrected chi connectivity index (χ2v) is 7.57. The molecule has 5 nitrogen and oxygen atoms in total. The molecule has 0 bridgehead atoms. The van der Waals surface area contributed by atoms with E-state index in [0.29, 0.717) is 6.61 Å². The highest BCUT2D eigenvalue weighted by molar-refractivity contribution is 5.79. The Morgan fingerprint density at radius 2 is 2.00 bits per heavy atom. The first-order valence-corrected chi connectivity index (χ1v) is 9.90. The van der Waals surface area contributed by atoms with Crippen LogP contribution in [0.4, 0.5) is 0 Å². The number of aromatic nitrogens is 1. The van der Waals surface area contributed by atoms with Gasteiger partial charge in [0, 0.05) is 44.0 Å². The molecule has 1 amide bonds. The highest BCUT2D eigenvalue weighted by Crippen LogP contribution is 2.27. The van der Waals surface area contributed by atoms with Crippen molar-refractivity contribution in [2.75, 3.05) is 19.7 Å². The van der Waals surface area contributed by atoms with Gasteiger partial charge in [0.2, 0.25) is 5.91 Å². The van der Waals surface area contributed by atoms with Crippen LogP contribution in [0, 0.1) is 5.92 Å². The van der Waals surface area contributed by atoms with Crippen molar-refractivity contribution in [3.63, 3.8) is 0 Å². The van der Waals surface area contributed by atoms with E-state index in [2.05, 4.69) is 27.3 Å². The third kappa shape index (κ3) is 4.66. The largest absolute Gasteiger partial charge is 0.493 e. The number of carbonyl (C=O) groups excluding carboxylic acids is 1. The standard InChI is InChI=1S/C22H27N3O2/c26-22(19-9-13-27-21-6-2-1-5-18(21)14-19)24-20-7-11-25(12-8-20)16-17-4-3-10-23-15-17/h1-6,10,15,19-20H,7-9,11-14,16H2,(H,24,26). The fraction of sp³-hybridized carbons (Fsp3) is 0.455. The van der Waals surface area contributed by atoms with Crippen molar-refractivity contribution in [1.29, 1.82) is 0 Å². The predicted molar refractivity (Wildman–Crippen MR) is 104 cm³/mol. The number of fused-ring (bicyclic) bond motifs is 1. The van der Waals surface area contributed by atoms with E-state index in [0.717, 1.165) is 56.6 Å². The number of piperidine rings is 1. The van der Waals surface area contributed by atoms with E-state index < -0.39 is 0 Å². The zero-order valence-corrected chi connectivity index (χ0v) is 15.6. The maximum atomic E-state index is 12.8. The fourth-order valence-electron chi connectivity index (χ4n) is 4.02. The summed E-state index contributed by atoms with van der Waals surface area (Å²) in [5, 5.41) is 3.30. The Labute approximate surface area is 160 Å². The molecular weight excluding hydrogens is 338 g/mol. The number of rotatable bonds is 4. The zero-order chi connectivity index (χ0) is 18.5. The Hall–Kier alpha value is -2.40. The lowest BCUT2D eigenvalue weighted by atomic mass is 9.95. The summed E-state index contributed by atoms with van der Waals surface area (Å²) >= 11 is 0. The molecule has 2 aromatic rings. The van der Waals surface area contributed by atoms with Crippen LogP contribution in [0.25, 0.3) is 0 Å². The van der Waals surface area contributed by atoms with Crippen molar-refractivity contribution in [3.8, 4) is 5.75 Å². The number of carbonyl (C=O) groups is 1. The van der Waals surface area contributed by atoms with E-state index in [1.807, 2.05) is 36.7 Å². The lowest BCUT2D eigenvalue weighted by Gasteiger charge is -2.33. The molecular formula is C22H27N3O2. The minimum Gasteiger partial charge on any atom is -0.493 e. The minimum absolute atomic E-state index is 0.00192. The molecule has 1 saturated heterocycles. The molecule has 5 heteroatoms. The molecule has 1 atom stereocenters. The van der Waals surface area contributed by atoms with Gasteiger partial charge in [-0.15, -0.1) is 0 Å². The molecule has 3 heterocycles. The van der Waals surface area contributed by atoms with Crippen molar-refractivity contribution >= 4 is 5.91 Å². The van der Waals surface area contributed by atoms with Crippen LogP contribution in [0.15, 0.2) is 48.8 Å². The summed E-state index contributed by atoms with van der Waals surface area (Å²) in [7, 11) is 0. The van der Waals surface area contributed by atoms with Gasteiger partial charge in [-0.25, -0.2) is 0 Å². The summed E-state index contributed by atoms with van der Waals surface area (Å²) in [6.07, 6.45) is 7.29. The van der Waals surface area contributed by atoms with Gasteiger partial charge >= 0.3 is 0 Å². The van der Waals surface area contributed by atoms with E-state index in [9.17, 15) is 4.79 Å². The van der Waals surface area contributed by atoms with E-state index in [1.54, 1.807) is 0 Å². The van der Waals surface area contributed by atoms with Gasteiger partial charge < -0.3 is 10.1 Å². The average Bonchev–Trinajstić information content (AvgIpc) is 2.93. The van der Waals surface area contributed by atoms with E-state index in [1.165, 1.54) is 5.56 Å². The predicted octanol–water partition coefficient (Wildman–Crippen LogP) is 2.80. The number of likely N-dealkylation sites (tertiary alicyclic amines) is 1. The third-order valence-electron chi connectivity index (χ3n) is 5.60. The summed E-state index contributed by atoms with van der Waals surface area (Å²) in [4.78, 5) is 19.4. The van der Waals surface area contributed by atoms with Gasteiger partial charge in [0.1, 0.15) is 5.75 Å². The second-order valence-electron chi connectivity index (χ2n) is 7.57. The molecule has 1 aromatic carbocycles. The summed E-state index contributed by atoms with van der Waals surface area (Å²) in [5.41, 5.74) is 2.39. The van der Waals surface area contributed by atoms with Crippen molar-refractivity contribution in [2.24, 2.45) is 5.92 Å². The summed E-state index contributed by atoms with van der Waals surface area (Å²) in [5.74, 6) is 1.11. The smallest absolute Gasteiger partial charge is 0.223 e. The first-order valence-electron chi connectivity index (χ1n) is 9.90. The molecule has 0 radical (unpaired) electrons. The van der Waals surface area contributed by atoms with Gasteiger partial charge in [-0.1, -0.05) is 24.3 Å². The van der Waals surface area contributed by atoms with Crippen molar-refractivity contribution in [3.05, 3.63) is 59.9 Å². The number of benzene rings is 1. The van der Waals surface area contributed by atoms with Crippen LogP contribution in [-0.2, 0) is 17.8 Å². The molecule has 0 saturated carbocycles. The molecule has 2 aliphatic rings. The van der Waals surface area contributed by atoms with Crippen LogP contribution in [0.5, 0.6) is 5.75 Å². The van der Waals surface area contributed by atoms with Crippen LogP contribution >= 0.6 is 0 Å². The first kappa shape index (κ1) is 18.0. The summed E-state index contributed by atoms with van der Waals surface area (Å²) in [6.45, 7) is 3.57. The highest BCUT2D eigenvalue weighted by atomic mass is 16.5. The summed E-state index contributed by atoms with van der Waals surface area (Å²) in [6, 6.07) is 12.4. The lowest BCUT2D eigenvalue weighted by Crippen LogP contribution is -2.46. The van der Waals surface area contributed by atoms with Crippen LogP contribution in [-0.4, -0.2) is 41.5 Å². The number of ether oxygens (including phenoxy) is 1. The average molecular weight is 365 g/mol. The Morgan fingerprint density at radius 1 is 1.15 bits per heavy atom. The lowest BCUT2D eigenvalue weighted by molar-refractivity contribution is -0.126.